The van der Waals surface area contributed by atoms with E-state index in [2.05, 4.69) is 10.3 Å². The number of benzene rings is 2. The minimum atomic E-state index is -5.08. The van der Waals surface area contributed by atoms with Gasteiger partial charge < -0.3 is 10.4 Å². The fourth-order valence-electron chi connectivity index (χ4n) is 3.69. The fourth-order valence-corrected chi connectivity index (χ4v) is 4.34. The van der Waals surface area contributed by atoms with Crippen LogP contribution in [0.3, 0.4) is 0 Å². The molecule has 3 aromatic heterocycles. The Bertz CT molecular complexity index is 1690. The van der Waals surface area contributed by atoms with Crippen LogP contribution in [0.1, 0.15) is 5.56 Å². The van der Waals surface area contributed by atoms with E-state index >= 15 is 0 Å². The van der Waals surface area contributed by atoms with E-state index in [-0.39, 0.29) is 11.3 Å². The normalized spacial score (nSPS) is 11.6. The molecule has 13 heteroatoms. The molecule has 0 amide bonds. The second kappa shape index (κ2) is 11.2. The third-order valence-electron chi connectivity index (χ3n) is 5.39. The lowest BCUT2D eigenvalue weighted by Crippen LogP contribution is -2.21. The Morgan fingerprint density at radius 1 is 0.900 bits per heavy atom. The van der Waals surface area contributed by atoms with Crippen LogP contribution in [0.15, 0.2) is 94.4 Å². The summed E-state index contributed by atoms with van der Waals surface area (Å²) < 4.78 is 75.6. The minimum absolute atomic E-state index is 0.0665. The Balaban J connectivity index is 0.000000470. The first kappa shape index (κ1) is 28.4. The van der Waals surface area contributed by atoms with Gasteiger partial charge in [-0.15, -0.1) is 0 Å². The van der Waals surface area contributed by atoms with Crippen molar-refractivity contribution in [3.05, 3.63) is 105 Å². The van der Waals surface area contributed by atoms with Crippen LogP contribution in [0.5, 0.6) is 0 Å². The van der Waals surface area contributed by atoms with E-state index in [9.17, 15) is 31.1 Å². The summed E-state index contributed by atoms with van der Waals surface area (Å²) in [4.78, 5) is 26.5. The topological polar surface area (TPSA) is 84.2 Å². The van der Waals surface area contributed by atoms with Crippen molar-refractivity contribution < 1.29 is 36.2 Å². The molecule has 0 spiro atoms. The van der Waals surface area contributed by atoms with Crippen molar-refractivity contribution in [1.82, 2.24) is 9.55 Å². The number of hydrogen-bond donors (Lipinski definition) is 2. The predicted octanol–water partition coefficient (Wildman–Crippen LogP) is 7.51. The van der Waals surface area contributed by atoms with Crippen LogP contribution in [0.25, 0.3) is 28.0 Å². The van der Waals surface area contributed by atoms with Crippen LogP contribution < -0.4 is 10.7 Å². The van der Waals surface area contributed by atoms with Gasteiger partial charge in [0.15, 0.2) is 11.1 Å². The number of anilines is 2. The van der Waals surface area contributed by atoms with E-state index in [1.165, 1.54) is 17.4 Å². The number of hydrogen-bond acceptors (Lipinski definition) is 5. The van der Waals surface area contributed by atoms with Gasteiger partial charge in [0.2, 0.25) is 0 Å². The lowest BCUT2D eigenvalue weighted by molar-refractivity contribution is -0.192. The summed E-state index contributed by atoms with van der Waals surface area (Å²) in [6, 6.07) is 21.8. The molecule has 0 saturated carbocycles. The Morgan fingerprint density at radius 3 is 2.02 bits per heavy atom. The molecular weight excluding hydrogens is 560 g/mol. The van der Waals surface area contributed by atoms with Gasteiger partial charge in [-0.25, -0.2) is 9.78 Å². The van der Waals surface area contributed by atoms with Gasteiger partial charge in [-0.05, 0) is 41.8 Å². The average Bonchev–Trinajstić information content (AvgIpc) is 3.44. The fraction of sp³-hybridized carbons (Fsp3) is 0.0741. The first-order valence-electron chi connectivity index (χ1n) is 11.2. The van der Waals surface area contributed by atoms with Crippen molar-refractivity contribution in [2.75, 3.05) is 5.32 Å². The maximum absolute atomic E-state index is 14.1. The SMILES string of the molecule is O=C(O)C(F)(F)F.O=c1cc(Nc2ccccc2)n(-c2ccccc2)c2nc(-c3ccsc3)cc(C(F)(F)F)c12. The highest BCUT2D eigenvalue weighted by Crippen LogP contribution is 2.37. The van der Waals surface area contributed by atoms with Crippen molar-refractivity contribution >= 4 is 39.8 Å². The maximum atomic E-state index is 14.1. The zero-order chi connectivity index (χ0) is 29.1. The zero-order valence-corrected chi connectivity index (χ0v) is 20.8. The van der Waals surface area contributed by atoms with Crippen molar-refractivity contribution in [3.8, 4) is 16.9 Å². The highest BCUT2D eigenvalue weighted by Gasteiger charge is 2.38. The summed E-state index contributed by atoms with van der Waals surface area (Å²) in [5.41, 5.74) is 0.137. The number of fused-ring (bicyclic) bond motifs is 1. The number of carboxylic acid groups (broad SMARTS) is 1. The molecule has 0 radical (unpaired) electrons. The van der Waals surface area contributed by atoms with E-state index in [1.54, 1.807) is 57.8 Å². The summed E-state index contributed by atoms with van der Waals surface area (Å²) >= 11 is 1.36. The number of nitrogens with one attached hydrogen (secondary N) is 1. The molecular formula is C27H17F6N3O3S. The van der Waals surface area contributed by atoms with Gasteiger partial charge in [0.05, 0.1) is 16.6 Å². The molecule has 40 heavy (non-hydrogen) atoms. The van der Waals surface area contributed by atoms with Crippen LogP contribution in [-0.4, -0.2) is 26.8 Å². The zero-order valence-electron chi connectivity index (χ0n) is 20.0. The molecule has 5 aromatic rings. The second-order valence-electron chi connectivity index (χ2n) is 8.12. The number of para-hydroxylation sites is 2. The first-order chi connectivity index (χ1) is 18.9. The molecule has 6 nitrogen and oxygen atoms in total. The van der Waals surface area contributed by atoms with Crippen LogP contribution in [-0.2, 0) is 11.0 Å². The van der Waals surface area contributed by atoms with E-state index < -0.39 is 34.7 Å². The molecule has 0 aliphatic carbocycles. The smallest absolute Gasteiger partial charge is 0.475 e. The van der Waals surface area contributed by atoms with Gasteiger partial charge in [0, 0.05) is 28.4 Å². The predicted molar refractivity (Wildman–Crippen MR) is 139 cm³/mol. The molecule has 206 valence electrons. The summed E-state index contributed by atoms with van der Waals surface area (Å²) in [6.07, 6.45) is -9.81. The molecule has 0 aliphatic rings. The molecule has 0 aliphatic heterocycles. The number of thiophene rings is 1. The lowest BCUT2D eigenvalue weighted by atomic mass is 10.1. The largest absolute Gasteiger partial charge is 0.490 e. The number of aliphatic carboxylic acids is 1. The number of nitrogens with zero attached hydrogens (tertiary/aromatic N) is 2. The lowest BCUT2D eigenvalue weighted by Gasteiger charge is -2.20. The highest BCUT2D eigenvalue weighted by molar-refractivity contribution is 7.08. The third kappa shape index (κ3) is 6.31. The number of halogens is 6. The number of carboxylic acids is 1. The Labute approximate surface area is 225 Å². The summed E-state index contributed by atoms with van der Waals surface area (Å²) in [5, 5.41) is 13.3. The van der Waals surface area contributed by atoms with Crippen molar-refractivity contribution in [2.24, 2.45) is 0 Å². The number of rotatable bonds is 4. The van der Waals surface area contributed by atoms with Crippen LogP contribution in [0, 0.1) is 0 Å². The molecule has 0 unspecified atom stereocenters. The minimum Gasteiger partial charge on any atom is -0.475 e. The van der Waals surface area contributed by atoms with E-state index in [1.807, 2.05) is 24.3 Å². The van der Waals surface area contributed by atoms with Crippen molar-refractivity contribution in [2.45, 2.75) is 12.4 Å². The Hall–Kier alpha value is -4.65. The van der Waals surface area contributed by atoms with Crippen LogP contribution >= 0.6 is 11.3 Å². The maximum Gasteiger partial charge on any atom is 0.490 e. The van der Waals surface area contributed by atoms with Crippen LogP contribution in [0.2, 0.25) is 0 Å². The highest BCUT2D eigenvalue weighted by atomic mass is 32.1. The van der Waals surface area contributed by atoms with Gasteiger partial charge >= 0.3 is 18.3 Å². The quantitative estimate of drug-likeness (QED) is 0.216. The molecule has 2 N–H and O–H groups in total. The second-order valence-corrected chi connectivity index (χ2v) is 8.90. The number of pyridine rings is 2. The average molecular weight is 578 g/mol. The van der Waals surface area contributed by atoms with Gasteiger partial charge in [0.25, 0.3) is 0 Å². The molecule has 0 fully saturated rings. The Morgan fingerprint density at radius 2 is 1.50 bits per heavy atom. The molecule has 3 heterocycles. The summed E-state index contributed by atoms with van der Waals surface area (Å²) in [7, 11) is 0. The standard InChI is InChI=1S/C25H16F3N3OS.C2HF3O2/c26-25(27,28)19-13-20(16-11-12-33-15-16)30-24-23(19)21(32)14-22(29-17-7-3-1-4-8-17)31(24)18-9-5-2-6-10-18;3-2(4,5)1(6)7/h1-15,29H;(H,6,7). The van der Waals surface area contributed by atoms with Gasteiger partial charge in [-0.3, -0.25) is 9.36 Å². The van der Waals surface area contributed by atoms with E-state index in [0.29, 0.717) is 22.8 Å². The summed E-state index contributed by atoms with van der Waals surface area (Å²) in [5.74, 6) is -2.44. The number of aromatic nitrogens is 2. The van der Waals surface area contributed by atoms with Crippen molar-refractivity contribution in [3.63, 3.8) is 0 Å². The summed E-state index contributed by atoms with van der Waals surface area (Å²) in [6.45, 7) is 0. The first-order valence-corrected chi connectivity index (χ1v) is 12.2. The van der Waals surface area contributed by atoms with Crippen molar-refractivity contribution in [1.29, 1.82) is 0 Å². The molecule has 0 saturated heterocycles. The van der Waals surface area contributed by atoms with E-state index in [4.69, 9.17) is 9.90 Å². The van der Waals surface area contributed by atoms with Gasteiger partial charge in [-0.2, -0.15) is 37.7 Å². The van der Waals surface area contributed by atoms with Crippen LogP contribution in [0.4, 0.5) is 37.8 Å². The monoisotopic (exact) mass is 577 g/mol. The number of alkyl halides is 6. The molecule has 2 aromatic carbocycles. The number of carbonyl (C=O) groups is 1. The van der Waals surface area contributed by atoms with Gasteiger partial charge in [0.1, 0.15) is 5.82 Å². The third-order valence-corrected chi connectivity index (χ3v) is 6.08. The molecule has 5 rings (SSSR count). The van der Waals surface area contributed by atoms with Gasteiger partial charge in [-0.1, -0.05) is 36.4 Å². The molecule has 0 bridgehead atoms. The van der Waals surface area contributed by atoms with E-state index in [0.717, 1.165) is 6.07 Å². The Kier molecular flexibility index (Phi) is 7.96. The molecule has 0 atom stereocenters.